The van der Waals surface area contributed by atoms with Crippen LogP contribution in [-0.2, 0) is 14.2 Å². The van der Waals surface area contributed by atoms with E-state index in [2.05, 4.69) is 0 Å². The van der Waals surface area contributed by atoms with Crippen molar-refractivity contribution in [3.8, 4) is 0 Å². The molecular formula is C12H22O7. The van der Waals surface area contributed by atoms with Crippen molar-refractivity contribution in [3.05, 3.63) is 0 Å². The summed E-state index contributed by atoms with van der Waals surface area (Å²) in [7, 11) is 0. The highest BCUT2D eigenvalue weighted by molar-refractivity contribution is 4.88. The molecule has 1 unspecified atom stereocenters. The van der Waals surface area contributed by atoms with Crippen LogP contribution in [-0.4, -0.2) is 77.1 Å². The van der Waals surface area contributed by atoms with Crippen LogP contribution in [0.15, 0.2) is 0 Å². The molecule has 0 aliphatic carbocycles. The van der Waals surface area contributed by atoms with E-state index in [1.807, 2.05) is 0 Å². The average Bonchev–Trinajstić information content (AvgIpc) is 2.92. The van der Waals surface area contributed by atoms with Crippen molar-refractivity contribution in [1.29, 1.82) is 0 Å². The Morgan fingerprint density at radius 3 is 2.53 bits per heavy atom. The summed E-state index contributed by atoms with van der Waals surface area (Å²) in [4.78, 5) is 0. The van der Waals surface area contributed by atoms with Crippen molar-refractivity contribution in [2.75, 3.05) is 19.8 Å². The molecule has 0 radical (unpaired) electrons. The van der Waals surface area contributed by atoms with Gasteiger partial charge in [0.25, 0.3) is 0 Å². The highest BCUT2D eigenvalue weighted by Crippen LogP contribution is 2.23. The van der Waals surface area contributed by atoms with Crippen LogP contribution in [0, 0.1) is 0 Å². The number of rotatable bonds is 5. The molecule has 0 saturated carbocycles. The lowest BCUT2D eigenvalue weighted by atomic mass is 9.99. The Morgan fingerprint density at radius 2 is 1.89 bits per heavy atom. The van der Waals surface area contributed by atoms with E-state index in [1.54, 1.807) is 0 Å². The Balaban J connectivity index is 1.77. The molecule has 0 amide bonds. The van der Waals surface area contributed by atoms with Crippen LogP contribution in [0.5, 0.6) is 0 Å². The smallest absolute Gasteiger partial charge is 0.186 e. The second kappa shape index (κ2) is 6.94. The molecule has 7 heteroatoms. The molecular weight excluding hydrogens is 256 g/mol. The lowest BCUT2D eigenvalue weighted by Crippen LogP contribution is -2.59. The molecule has 0 aromatic rings. The maximum atomic E-state index is 9.74. The van der Waals surface area contributed by atoms with Gasteiger partial charge in [0.1, 0.15) is 24.4 Å². The number of aliphatic hydroxyl groups is 4. The van der Waals surface area contributed by atoms with E-state index < -0.39 is 37.3 Å². The zero-order chi connectivity index (χ0) is 13.8. The second-order valence-corrected chi connectivity index (χ2v) is 4.99. The fourth-order valence-corrected chi connectivity index (χ4v) is 2.39. The number of hydrogen-bond donors (Lipinski definition) is 4. The van der Waals surface area contributed by atoms with Crippen molar-refractivity contribution in [2.24, 2.45) is 0 Å². The summed E-state index contributed by atoms with van der Waals surface area (Å²) in [5, 5.41) is 38.0. The molecule has 7 nitrogen and oxygen atoms in total. The van der Waals surface area contributed by atoms with Gasteiger partial charge >= 0.3 is 0 Å². The zero-order valence-corrected chi connectivity index (χ0v) is 10.7. The third-order valence-electron chi connectivity index (χ3n) is 3.59. The van der Waals surface area contributed by atoms with Gasteiger partial charge in [-0.1, -0.05) is 0 Å². The lowest BCUT2D eigenvalue weighted by Gasteiger charge is -2.39. The fourth-order valence-electron chi connectivity index (χ4n) is 2.39. The molecule has 2 fully saturated rings. The van der Waals surface area contributed by atoms with E-state index in [-0.39, 0.29) is 6.10 Å². The first-order valence-corrected chi connectivity index (χ1v) is 6.67. The minimum Gasteiger partial charge on any atom is -0.394 e. The topological polar surface area (TPSA) is 109 Å². The zero-order valence-electron chi connectivity index (χ0n) is 10.7. The Morgan fingerprint density at radius 1 is 1.11 bits per heavy atom. The molecule has 2 rings (SSSR count). The second-order valence-electron chi connectivity index (χ2n) is 4.99. The van der Waals surface area contributed by atoms with E-state index >= 15 is 0 Å². The summed E-state index contributed by atoms with van der Waals surface area (Å²) >= 11 is 0. The predicted octanol–water partition coefficient (Wildman–Crippen LogP) is -1.63. The van der Waals surface area contributed by atoms with Gasteiger partial charge in [-0.15, -0.1) is 0 Å². The Labute approximate surface area is 111 Å². The summed E-state index contributed by atoms with van der Waals surface area (Å²) in [5.41, 5.74) is 0. The van der Waals surface area contributed by atoms with Crippen LogP contribution in [0.1, 0.15) is 19.3 Å². The first-order valence-electron chi connectivity index (χ1n) is 6.67. The normalized spacial score (nSPS) is 43.6. The minimum absolute atomic E-state index is 0.171. The van der Waals surface area contributed by atoms with Crippen LogP contribution in [0.3, 0.4) is 0 Å². The van der Waals surface area contributed by atoms with Gasteiger partial charge in [0.2, 0.25) is 0 Å². The van der Waals surface area contributed by atoms with Gasteiger partial charge in [-0.2, -0.15) is 0 Å². The van der Waals surface area contributed by atoms with E-state index in [9.17, 15) is 15.3 Å². The van der Waals surface area contributed by atoms with Gasteiger partial charge in [-0.25, -0.2) is 0 Å². The summed E-state index contributed by atoms with van der Waals surface area (Å²) in [5.74, 6) is 0. The molecule has 0 aromatic carbocycles. The Kier molecular flexibility index (Phi) is 5.52. The van der Waals surface area contributed by atoms with Gasteiger partial charge in [0, 0.05) is 6.61 Å². The first kappa shape index (κ1) is 15.1. The molecule has 4 N–H and O–H groups in total. The van der Waals surface area contributed by atoms with E-state index in [4.69, 9.17) is 19.3 Å². The SMILES string of the molecule is OC[C@H]1O[C@@H](OCCC2CCCO2)[C@H](O)[C@@H](O)[C@@H]1O. The maximum Gasteiger partial charge on any atom is 0.186 e. The standard InChI is InChI=1S/C12H22O7/c13-6-8-9(14)10(15)11(16)12(19-8)18-5-3-7-2-1-4-17-7/h7-16H,1-6H2/t7?,8-,9-,10+,11-,12-/m1/s1. The molecule has 6 atom stereocenters. The minimum atomic E-state index is -1.39. The summed E-state index contributed by atoms with van der Waals surface area (Å²) in [6.45, 7) is 0.647. The largest absolute Gasteiger partial charge is 0.394 e. The van der Waals surface area contributed by atoms with Crippen LogP contribution in [0.25, 0.3) is 0 Å². The van der Waals surface area contributed by atoms with Crippen molar-refractivity contribution in [2.45, 2.75) is 56.1 Å². The number of ether oxygens (including phenoxy) is 3. The highest BCUT2D eigenvalue weighted by atomic mass is 16.7. The van der Waals surface area contributed by atoms with Gasteiger partial charge in [-0.3, -0.25) is 0 Å². The van der Waals surface area contributed by atoms with Crippen LogP contribution < -0.4 is 0 Å². The van der Waals surface area contributed by atoms with E-state index in [0.29, 0.717) is 13.0 Å². The molecule has 0 spiro atoms. The summed E-state index contributed by atoms with van der Waals surface area (Å²) in [6, 6.07) is 0. The highest BCUT2D eigenvalue weighted by Gasteiger charge is 2.43. The van der Waals surface area contributed by atoms with Gasteiger partial charge in [0.15, 0.2) is 6.29 Å². The summed E-state index contributed by atoms with van der Waals surface area (Å²) in [6.07, 6.45) is -3.13. The van der Waals surface area contributed by atoms with Gasteiger partial charge < -0.3 is 34.6 Å². The molecule has 0 bridgehead atoms. The summed E-state index contributed by atoms with van der Waals surface area (Å²) < 4.78 is 16.0. The predicted molar refractivity (Wildman–Crippen MR) is 63.3 cm³/mol. The van der Waals surface area contributed by atoms with Gasteiger partial charge in [0.05, 0.1) is 19.3 Å². The number of aliphatic hydroxyl groups excluding tert-OH is 4. The maximum absolute atomic E-state index is 9.74. The Hall–Kier alpha value is -0.280. The third-order valence-corrected chi connectivity index (χ3v) is 3.59. The first-order chi connectivity index (χ1) is 9.13. The van der Waals surface area contributed by atoms with E-state index in [0.717, 1.165) is 19.4 Å². The van der Waals surface area contributed by atoms with Crippen molar-refractivity contribution in [1.82, 2.24) is 0 Å². The molecule has 112 valence electrons. The average molecular weight is 278 g/mol. The van der Waals surface area contributed by atoms with Gasteiger partial charge in [-0.05, 0) is 19.3 Å². The Bertz CT molecular complexity index is 267. The van der Waals surface area contributed by atoms with Crippen molar-refractivity contribution >= 4 is 0 Å². The molecule has 2 aliphatic rings. The van der Waals surface area contributed by atoms with Crippen LogP contribution in [0.2, 0.25) is 0 Å². The molecule has 0 aromatic heterocycles. The van der Waals surface area contributed by atoms with Crippen LogP contribution >= 0.6 is 0 Å². The monoisotopic (exact) mass is 278 g/mol. The quantitative estimate of drug-likeness (QED) is 0.478. The fraction of sp³-hybridized carbons (Fsp3) is 1.00. The van der Waals surface area contributed by atoms with Crippen LogP contribution in [0.4, 0.5) is 0 Å². The molecule has 2 heterocycles. The van der Waals surface area contributed by atoms with Crippen molar-refractivity contribution < 1.29 is 34.6 Å². The molecule has 19 heavy (non-hydrogen) atoms. The third kappa shape index (κ3) is 3.63. The lowest BCUT2D eigenvalue weighted by molar-refractivity contribution is -0.301. The molecule has 2 saturated heterocycles. The number of hydrogen-bond acceptors (Lipinski definition) is 7. The van der Waals surface area contributed by atoms with E-state index in [1.165, 1.54) is 0 Å². The van der Waals surface area contributed by atoms with Crippen molar-refractivity contribution in [3.63, 3.8) is 0 Å². The molecule has 2 aliphatic heterocycles.